The van der Waals surface area contributed by atoms with Gasteiger partial charge < -0.3 is 25.0 Å². The second-order valence-electron chi connectivity index (χ2n) is 14.8. The molecule has 14 heteroatoms. The molecule has 3 fully saturated rings. The highest BCUT2D eigenvalue weighted by molar-refractivity contribution is 7.91. The fraction of sp³-hybridized carbons (Fsp3) is 0.583. The van der Waals surface area contributed by atoms with E-state index in [0.29, 0.717) is 70.3 Å². The summed E-state index contributed by atoms with van der Waals surface area (Å²) in [4.78, 5) is 56.7. The van der Waals surface area contributed by atoms with Crippen molar-refractivity contribution < 1.29 is 37.1 Å². The van der Waals surface area contributed by atoms with E-state index in [0.717, 1.165) is 23.6 Å². The van der Waals surface area contributed by atoms with Crippen LogP contribution in [-0.2, 0) is 29.1 Å². The van der Waals surface area contributed by atoms with E-state index in [2.05, 4.69) is 20.3 Å². The lowest BCUT2D eigenvalue weighted by atomic mass is 10.1. The number of likely N-dealkylation sites (tertiary alicyclic amines) is 1. The highest BCUT2D eigenvalue weighted by Gasteiger charge is 2.61. The molecule has 50 heavy (non-hydrogen) atoms. The van der Waals surface area contributed by atoms with Crippen molar-refractivity contribution in [3.63, 3.8) is 0 Å². The average molecular weight is 712 g/mol. The number of alkyl carbamates (subject to hydrolysis) is 1. The van der Waals surface area contributed by atoms with Gasteiger partial charge in [0.2, 0.25) is 28.2 Å². The van der Waals surface area contributed by atoms with Crippen LogP contribution in [0.15, 0.2) is 48.7 Å². The molecule has 0 unspecified atom stereocenters. The molecule has 1 aromatic carbocycles. The first-order valence-corrected chi connectivity index (χ1v) is 18.9. The molecule has 1 saturated heterocycles. The molecule has 3 N–H and O–H groups in total. The zero-order valence-corrected chi connectivity index (χ0v) is 30.1. The Morgan fingerprint density at radius 1 is 1.12 bits per heavy atom. The van der Waals surface area contributed by atoms with E-state index >= 15 is 0 Å². The number of carbonyl (C=O) groups excluding carboxylic acids is 4. The molecule has 1 aliphatic heterocycles. The summed E-state index contributed by atoms with van der Waals surface area (Å²) >= 11 is 0. The third-order valence-corrected chi connectivity index (χ3v) is 11.8. The van der Waals surface area contributed by atoms with Gasteiger partial charge in [-0.2, -0.15) is 0 Å². The molecular formula is C36H49N5O8S. The molecule has 13 nitrogen and oxygen atoms in total. The molecule has 3 aliphatic rings. The van der Waals surface area contributed by atoms with E-state index in [1.807, 2.05) is 42.5 Å². The van der Waals surface area contributed by atoms with Crippen LogP contribution in [0.2, 0.25) is 0 Å². The monoisotopic (exact) mass is 711 g/mol. The Bertz CT molecular complexity index is 1710. The molecular weight excluding hydrogens is 662 g/mol. The number of allylic oxidation sites excluding steroid dienone is 1. The van der Waals surface area contributed by atoms with E-state index in [1.54, 1.807) is 38.8 Å². The Balaban J connectivity index is 1.10. The number of amides is 4. The van der Waals surface area contributed by atoms with Crippen LogP contribution in [-0.4, -0.2) is 83.7 Å². The first kappa shape index (κ1) is 37.1. The quantitative estimate of drug-likeness (QED) is 0.132. The van der Waals surface area contributed by atoms with Gasteiger partial charge >= 0.3 is 6.09 Å². The molecule has 0 bridgehead atoms. The Morgan fingerprint density at radius 3 is 2.60 bits per heavy atom. The minimum atomic E-state index is -3.81. The minimum absolute atomic E-state index is 0.184. The SMILES string of the molecule is CC(C)(C)OC(=O)N[C@@H](CCCCC/C=C\[C@@H]1C[C@]1(NC=O)C(=O)NS(=O)(=O)C1(C)CC1)C(=O)N1CC[C@@H](Oc2nccc3ccccc23)C1. The van der Waals surface area contributed by atoms with E-state index in [-0.39, 0.29) is 17.9 Å². The van der Waals surface area contributed by atoms with Crippen LogP contribution in [0, 0.1) is 5.92 Å². The van der Waals surface area contributed by atoms with Gasteiger partial charge in [0.05, 0.1) is 11.3 Å². The van der Waals surface area contributed by atoms with Gasteiger partial charge in [-0.1, -0.05) is 43.2 Å². The van der Waals surface area contributed by atoms with Crippen molar-refractivity contribution in [3.05, 3.63) is 48.7 Å². The highest BCUT2D eigenvalue weighted by Crippen LogP contribution is 2.47. The van der Waals surface area contributed by atoms with Gasteiger partial charge in [0.25, 0.3) is 5.91 Å². The Morgan fingerprint density at radius 2 is 1.88 bits per heavy atom. The smallest absolute Gasteiger partial charge is 0.408 e. The van der Waals surface area contributed by atoms with Crippen molar-refractivity contribution in [2.24, 2.45) is 5.92 Å². The molecule has 5 rings (SSSR count). The summed E-state index contributed by atoms with van der Waals surface area (Å²) < 4.78 is 38.0. The molecule has 272 valence electrons. The van der Waals surface area contributed by atoms with E-state index in [9.17, 15) is 27.6 Å². The number of rotatable bonds is 16. The van der Waals surface area contributed by atoms with Crippen LogP contribution in [0.1, 0.15) is 85.5 Å². The molecule has 1 aromatic heterocycles. The predicted molar refractivity (Wildman–Crippen MR) is 187 cm³/mol. The largest absolute Gasteiger partial charge is 0.472 e. The molecule has 4 atom stereocenters. The maximum Gasteiger partial charge on any atom is 0.408 e. The number of nitrogens with one attached hydrogen (secondary N) is 3. The Hall–Kier alpha value is -4.20. The molecule has 4 amide bonds. The summed E-state index contributed by atoms with van der Waals surface area (Å²) in [5.41, 5.74) is -1.98. The number of fused-ring (bicyclic) bond motifs is 1. The maximum atomic E-state index is 13.7. The van der Waals surface area contributed by atoms with Gasteiger partial charge in [-0.15, -0.1) is 0 Å². The number of aromatic nitrogens is 1. The number of carbonyl (C=O) groups is 4. The third-order valence-electron chi connectivity index (χ3n) is 9.66. The number of hydrogen-bond donors (Lipinski definition) is 3. The summed E-state index contributed by atoms with van der Waals surface area (Å²) in [6.45, 7) is 7.78. The van der Waals surface area contributed by atoms with Crippen molar-refractivity contribution in [1.29, 1.82) is 0 Å². The van der Waals surface area contributed by atoms with E-state index < -0.39 is 44.0 Å². The van der Waals surface area contributed by atoms with Crippen molar-refractivity contribution in [1.82, 2.24) is 25.2 Å². The van der Waals surface area contributed by atoms with Gasteiger partial charge in [-0.25, -0.2) is 18.2 Å². The summed E-state index contributed by atoms with van der Waals surface area (Å²) in [7, 11) is -3.81. The van der Waals surface area contributed by atoms with Gasteiger partial charge in [-0.05, 0) is 83.7 Å². The number of benzene rings is 1. The van der Waals surface area contributed by atoms with Crippen molar-refractivity contribution in [3.8, 4) is 5.88 Å². The lowest BCUT2D eigenvalue weighted by Gasteiger charge is -2.26. The van der Waals surface area contributed by atoms with Crippen LogP contribution in [0.3, 0.4) is 0 Å². The predicted octanol–water partition coefficient (Wildman–Crippen LogP) is 4.12. The second kappa shape index (κ2) is 15.0. The molecule has 2 aromatic rings. The first-order valence-electron chi connectivity index (χ1n) is 17.4. The van der Waals surface area contributed by atoms with E-state index in [4.69, 9.17) is 9.47 Å². The minimum Gasteiger partial charge on any atom is -0.472 e. The van der Waals surface area contributed by atoms with E-state index in [1.165, 1.54) is 0 Å². The maximum absolute atomic E-state index is 13.7. The number of nitrogens with zero attached hydrogens (tertiary/aromatic N) is 2. The number of sulfonamides is 1. The Labute approximate surface area is 294 Å². The summed E-state index contributed by atoms with van der Waals surface area (Å²) in [6.07, 6.45) is 10.4. The normalized spacial score (nSPS) is 23.2. The van der Waals surface area contributed by atoms with Gasteiger partial charge in [-0.3, -0.25) is 19.1 Å². The number of unbranched alkanes of at least 4 members (excludes halogenated alkanes) is 3. The number of pyridine rings is 1. The summed E-state index contributed by atoms with van der Waals surface area (Å²) in [5.74, 6) is -0.663. The topological polar surface area (TPSA) is 173 Å². The zero-order valence-electron chi connectivity index (χ0n) is 29.3. The number of ether oxygens (including phenoxy) is 2. The standard InChI is InChI=1S/C36H49N5O8S/c1-34(2,3)49-33(45)39-29(31(43)41-21-17-27(23-41)48-30-28-14-11-10-12-25(28)16-20-37-30)15-9-7-5-6-8-13-26-22-36(26,38-24-42)32(44)40-50(46,47)35(4)18-19-35/h8,10-14,16,20,24,26-27,29H,5-7,9,15,17-19,21-23H2,1-4H3,(H,38,42)(H,39,45)(H,40,44)/b13-8-/t26-,27-,29+,36-/m1/s1. The summed E-state index contributed by atoms with van der Waals surface area (Å²) in [5, 5.41) is 7.26. The van der Waals surface area contributed by atoms with Crippen molar-refractivity contribution >= 4 is 45.1 Å². The van der Waals surface area contributed by atoms with Gasteiger partial charge in [0, 0.05) is 30.5 Å². The Kier molecular flexibility index (Phi) is 11.1. The average Bonchev–Trinajstić information content (AvgIpc) is 3.92. The lowest BCUT2D eigenvalue weighted by molar-refractivity contribution is -0.133. The lowest BCUT2D eigenvalue weighted by Crippen LogP contribution is -2.51. The van der Waals surface area contributed by atoms with Crippen LogP contribution < -0.4 is 20.1 Å². The highest BCUT2D eigenvalue weighted by atomic mass is 32.2. The van der Waals surface area contributed by atoms with Crippen LogP contribution >= 0.6 is 0 Å². The fourth-order valence-electron chi connectivity index (χ4n) is 6.24. The van der Waals surface area contributed by atoms with Crippen LogP contribution in [0.5, 0.6) is 5.88 Å². The third kappa shape index (κ3) is 8.93. The fourth-order valence-corrected chi connectivity index (χ4v) is 7.55. The zero-order chi connectivity index (χ0) is 36.2. The van der Waals surface area contributed by atoms with Gasteiger partial charge in [0.1, 0.15) is 23.3 Å². The molecule has 0 spiro atoms. The van der Waals surface area contributed by atoms with Crippen molar-refractivity contribution in [2.45, 2.75) is 114 Å². The molecule has 2 saturated carbocycles. The van der Waals surface area contributed by atoms with Gasteiger partial charge in [0.15, 0.2) is 0 Å². The summed E-state index contributed by atoms with van der Waals surface area (Å²) in [6, 6.07) is 9.01. The van der Waals surface area contributed by atoms with Crippen LogP contribution in [0.25, 0.3) is 10.8 Å². The number of hydrogen-bond acceptors (Lipinski definition) is 9. The second-order valence-corrected chi connectivity index (χ2v) is 17.0. The van der Waals surface area contributed by atoms with Crippen molar-refractivity contribution in [2.75, 3.05) is 13.1 Å². The molecule has 0 radical (unpaired) electrons. The molecule has 2 aliphatic carbocycles. The van der Waals surface area contributed by atoms with Crippen LogP contribution in [0.4, 0.5) is 4.79 Å². The first-order chi connectivity index (χ1) is 23.7. The molecule has 2 heterocycles.